The Kier molecular flexibility index (Phi) is 4.84. The molecule has 2 aromatic rings. The molecule has 2 aromatic heterocycles. The summed E-state index contributed by atoms with van der Waals surface area (Å²) in [4.78, 5) is 38.5. The van der Waals surface area contributed by atoms with Crippen molar-refractivity contribution in [2.75, 3.05) is 19.7 Å². The molecular weight excluding hydrogens is 326 g/mol. The molecule has 0 aliphatic carbocycles. The average Bonchev–Trinajstić information content (AvgIpc) is 2.99. The van der Waals surface area contributed by atoms with Crippen molar-refractivity contribution in [1.82, 2.24) is 23.8 Å². The maximum absolute atomic E-state index is 12.9. The third kappa shape index (κ3) is 3.55. The van der Waals surface area contributed by atoms with Crippen LogP contribution < -0.4 is 11.2 Å². The molecule has 25 heavy (non-hydrogen) atoms. The van der Waals surface area contributed by atoms with E-state index in [0.717, 1.165) is 4.57 Å². The molecule has 1 fully saturated rings. The molecule has 3 rings (SSSR count). The van der Waals surface area contributed by atoms with Gasteiger partial charge in [-0.3, -0.25) is 23.4 Å². The summed E-state index contributed by atoms with van der Waals surface area (Å²) in [5.41, 5.74) is -0.923. The average molecular weight is 347 g/mol. The fraction of sp³-hybridized carbons (Fsp3) is 0.500. The molecule has 1 saturated heterocycles. The van der Waals surface area contributed by atoms with Crippen LogP contribution in [0.15, 0.2) is 34.1 Å². The monoisotopic (exact) mass is 347 g/mol. The molecule has 134 valence electrons. The van der Waals surface area contributed by atoms with E-state index in [-0.39, 0.29) is 17.7 Å². The zero-order valence-corrected chi connectivity index (χ0v) is 14.3. The number of carbonyl (C=O) groups is 1. The van der Waals surface area contributed by atoms with Crippen LogP contribution in [-0.2, 0) is 25.4 Å². The van der Waals surface area contributed by atoms with E-state index in [1.165, 1.54) is 24.7 Å². The van der Waals surface area contributed by atoms with Crippen LogP contribution in [0.3, 0.4) is 0 Å². The summed E-state index contributed by atoms with van der Waals surface area (Å²) in [6, 6.07) is 3.03. The van der Waals surface area contributed by atoms with Gasteiger partial charge in [-0.2, -0.15) is 5.10 Å². The molecule has 9 nitrogen and oxygen atoms in total. The Bertz CT molecular complexity index is 868. The molecule has 0 saturated carbocycles. The largest absolute Gasteiger partial charge is 0.374 e. The van der Waals surface area contributed by atoms with Gasteiger partial charge in [0.1, 0.15) is 5.69 Å². The van der Waals surface area contributed by atoms with E-state index in [1.54, 1.807) is 15.8 Å². The van der Waals surface area contributed by atoms with Crippen molar-refractivity contribution >= 4 is 5.91 Å². The van der Waals surface area contributed by atoms with Crippen molar-refractivity contribution in [2.45, 2.75) is 19.1 Å². The second kappa shape index (κ2) is 7.06. The smallest absolute Gasteiger partial charge is 0.331 e. The maximum atomic E-state index is 12.9. The molecule has 0 N–H and O–H groups in total. The number of nitrogens with zero attached hydrogens (tertiary/aromatic N) is 5. The van der Waals surface area contributed by atoms with Crippen LogP contribution in [0, 0.1) is 0 Å². The van der Waals surface area contributed by atoms with Gasteiger partial charge < -0.3 is 9.64 Å². The Morgan fingerprint density at radius 1 is 1.32 bits per heavy atom. The minimum absolute atomic E-state index is 0.0906. The van der Waals surface area contributed by atoms with Gasteiger partial charge in [0.15, 0.2) is 0 Å². The van der Waals surface area contributed by atoms with Crippen molar-refractivity contribution in [2.24, 2.45) is 14.1 Å². The molecule has 1 aliphatic heterocycles. The van der Waals surface area contributed by atoms with Gasteiger partial charge in [-0.15, -0.1) is 0 Å². The van der Waals surface area contributed by atoms with Gasteiger partial charge in [0.05, 0.1) is 12.6 Å². The summed E-state index contributed by atoms with van der Waals surface area (Å²) in [5.74, 6) is -0.340. The highest BCUT2D eigenvalue weighted by atomic mass is 16.5. The van der Waals surface area contributed by atoms with Crippen molar-refractivity contribution in [1.29, 1.82) is 0 Å². The normalized spacial score (nSPS) is 18.2. The number of hydrogen-bond acceptors (Lipinski definition) is 5. The zero-order valence-electron chi connectivity index (χ0n) is 14.3. The second-order valence-corrected chi connectivity index (χ2v) is 6.09. The van der Waals surface area contributed by atoms with Gasteiger partial charge in [-0.1, -0.05) is 0 Å². The van der Waals surface area contributed by atoms with Crippen LogP contribution in [0.4, 0.5) is 0 Å². The Balaban J connectivity index is 1.83. The van der Waals surface area contributed by atoms with Crippen molar-refractivity contribution in [3.05, 3.63) is 51.1 Å². The first-order valence-corrected chi connectivity index (χ1v) is 8.12. The minimum Gasteiger partial charge on any atom is -0.374 e. The molecule has 9 heteroatoms. The molecule has 0 unspecified atom stereocenters. The van der Waals surface area contributed by atoms with E-state index in [0.29, 0.717) is 32.7 Å². The van der Waals surface area contributed by atoms with E-state index in [9.17, 15) is 14.4 Å². The summed E-state index contributed by atoms with van der Waals surface area (Å²) < 4.78 is 9.74. The van der Waals surface area contributed by atoms with Crippen LogP contribution in [0.5, 0.6) is 0 Å². The SMILES string of the molecule is Cn1c(C(=O)N2CCCO[C@@H](Cn3cccn3)C2)cc(=O)n(C)c1=O. The molecule has 1 atom stereocenters. The Labute approximate surface area is 144 Å². The summed E-state index contributed by atoms with van der Waals surface area (Å²) in [7, 11) is 2.88. The van der Waals surface area contributed by atoms with Gasteiger partial charge in [-0.05, 0) is 12.5 Å². The fourth-order valence-corrected chi connectivity index (χ4v) is 2.91. The molecule has 0 radical (unpaired) electrons. The predicted molar refractivity (Wildman–Crippen MR) is 89.4 cm³/mol. The van der Waals surface area contributed by atoms with Gasteiger partial charge in [0.2, 0.25) is 0 Å². The van der Waals surface area contributed by atoms with Gasteiger partial charge >= 0.3 is 5.69 Å². The van der Waals surface area contributed by atoms with Crippen molar-refractivity contribution < 1.29 is 9.53 Å². The highest BCUT2D eigenvalue weighted by Gasteiger charge is 2.26. The first-order valence-electron chi connectivity index (χ1n) is 8.12. The third-order valence-electron chi connectivity index (χ3n) is 4.33. The summed E-state index contributed by atoms with van der Waals surface area (Å²) in [6.45, 7) is 1.97. The van der Waals surface area contributed by atoms with Crippen LogP contribution >= 0.6 is 0 Å². The van der Waals surface area contributed by atoms with Crippen LogP contribution in [0.25, 0.3) is 0 Å². The number of carbonyl (C=O) groups excluding carboxylic acids is 1. The summed E-state index contributed by atoms with van der Waals surface area (Å²) in [5, 5.41) is 4.16. The van der Waals surface area contributed by atoms with Crippen molar-refractivity contribution in [3.8, 4) is 0 Å². The van der Waals surface area contributed by atoms with E-state index < -0.39 is 11.2 Å². The Morgan fingerprint density at radius 2 is 2.12 bits per heavy atom. The number of ether oxygens (including phenoxy) is 1. The highest BCUT2D eigenvalue weighted by molar-refractivity contribution is 5.92. The topological polar surface area (TPSA) is 91.4 Å². The van der Waals surface area contributed by atoms with Crippen LogP contribution in [-0.4, -0.2) is 55.5 Å². The van der Waals surface area contributed by atoms with E-state index in [1.807, 2.05) is 12.3 Å². The molecule has 0 spiro atoms. The quantitative estimate of drug-likeness (QED) is 0.726. The molecule has 1 amide bonds. The van der Waals surface area contributed by atoms with Gasteiger partial charge in [0, 0.05) is 52.3 Å². The predicted octanol–water partition coefficient (Wildman–Crippen LogP) is -0.788. The molecule has 3 heterocycles. The maximum Gasteiger partial charge on any atom is 0.331 e. The molecule has 0 aromatic carbocycles. The lowest BCUT2D eigenvalue weighted by atomic mass is 10.2. The number of hydrogen-bond donors (Lipinski definition) is 0. The standard InChI is InChI=1S/C16H21N5O4/c1-18-13(9-14(22)19(2)16(18)24)15(23)20-6-4-8-25-12(10-20)11-21-7-3-5-17-21/h3,5,7,9,12H,4,6,8,10-11H2,1-2H3/t12-/m1/s1. The lowest BCUT2D eigenvalue weighted by Crippen LogP contribution is -2.44. The van der Waals surface area contributed by atoms with E-state index >= 15 is 0 Å². The third-order valence-corrected chi connectivity index (χ3v) is 4.33. The molecule has 0 bridgehead atoms. The lowest BCUT2D eigenvalue weighted by Gasteiger charge is -2.24. The zero-order chi connectivity index (χ0) is 18.0. The lowest BCUT2D eigenvalue weighted by molar-refractivity contribution is 0.0364. The Morgan fingerprint density at radius 3 is 2.84 bits per heavy atom. The number of amides is 1. The summed E-state index contributed by atoms with van der Waals surface area (Å²) in [6.07, 6.45) is 4.02. The Hall–Kier alpha value is -2.68. The highest BCUT2D eigenvalue weighted by Crippen LogP contribution is 2.11. The van der Waals surface area contributed by atoms with E-state index in [4.69, 9.17) is 4.74 Å². The molecular formula is C16H21N5O4. The van der Waals surface area contributed by atoms with Gasteiger partial charge in [0.25, 0.3) is 11.5 Å². The van der Waals surface area contributed by atoms with Crippen LogP contribution in [0.2, 0.25) is 0 Å². The second-order valence-electron chi connectivity index (χ2n) is 6.09. The van der Waals surface area contributed by atoms with Crippen molar-refractivity contribution in [3.63, 3.8) is 0 Å². The first kappa shape index (κ1) is 17.2. The van der Waals surface area contributed by atoms with Gasteiger partial charge in [-0.25, -0.2) is 4.79 Å². The number of aromatic nitrogens is 4. The van der Waals surface area contributed by atoms with E-state index in [2.05, 4.69) is 5.10 Å². The minimum atomic E-state index is -0.519. The summed E-state index contributed by atoms with van der Waals surface area (Å²) >= 11 is 0. The fourth-order valence-electron chi connectivity index (χ4n) is 2.91. The molecule has 1 aliphatic rings. The van der Waals surface area contributed by atoms with Crippen LogP contribution in [0.1, 0.15) is 16.9 Å². The number of rotatable bonds is 3. The first-order chi connectivity index (χ1) is 12.0.